The van der Waals surface area contributed by atoms with E-state index in [2.05, 4.69) is 20.9 Å². The van der Waals surface area contributed by atoms with E-state index in [1.807, 2.05) is 60.7 Å². The fraction of sp³-hybridized carbons (Fsp3) is 0.111. The van der Waals surface area contributed by atoms with Gasteiger partial charge in [-0.05, 0) is 24.3 Å². The number of fused-ring (bicyclic) bond motifs is 1. The minimum Gasteiger partial charge on any atom is -0.383 e. The molecule has 0 saturated heterocycles. The smallest absolute Gasteiger partial charge is 0.319 e. The fourth-order valence-electron chi connectivity index (χ4n) is 2.31. The molecule has 0 spiro atoms. The fourth-order valence-corrected chi connectivity index (χ4v) is 2.31. The second kappa shape index (κ2) is 7.26. The van der Waals surface area contributed by atoms with Crippen molar-refractivity contribution in [2.45, 2.75) is 0 Å². The van der Waals surface area contributed by atoms with Crippen LogP contribution in [0.15, 0.2) is 66.9 Å². The first kappa shape index (κ1) is 14.8. The van der Waals surface area contributed by atoms with Crippen molar-refractivity contribution in [3.8, 4) is 0 Å². The predicted octanol–water partition coefficient (Wildman–Crippen LogP) is 3.47. The molecule has 0 radical (unpaired) electrons. The first-order chi connectivity index (χ1) is 11.3. The van der Waals surface area contributed by atoms with E-state index in [0.29, 0.717) is 18.8 Å². The SMILES string of the molecule is O=C(NCCNc1ccccc1)Nc1cccc2cccnc12. The van der Waals surface area contributed by atoms with Crippen LogP contribution in [0.25, 0.3) is 10.9 Å². The van der Waals surface area contributed by atoms with Crippen LogP contribution in [0.4, 0.5) is 16.2 Å². The number of amides is 2. The number of aromatic nitrogens is 1. The van der Waals surface area contributed by atoms with Crippen LogP contribution in [0.1, 0.15) is 0 Å². The number of nitrogens with zero attached hydrogens (tertiary/aromatic N) is 1. The summed E-state index contributed by atoms with van der Waals surface area (Å²) in [5, 5.41) is 9.90. The Hall–Kier alpha value is -3.08. The molecular weight excluding hydrogens is 288 g/mol. The zero-order chi connectivity index (χ0) is 15.9. The molecule has 0 unspecified atom stereocenters. The van der Waals surface area contributed by atoms with Crippen LogP contribution in [0, 0.1) is 0 Å². The molecule has 0 bridgehead atoms. The number of anilines is 2. The predicted molar refractivity (Wildman–Crippen MR) is 93.7 cm³/mol. The molecule has 0 aliphatic heterocycles. The number of para-hydroxylation sites is 2. The maximum atomic E-state index is 12.0. The molecule has 0 fully saturated rings. The van der Waals surface area contributed by atoms with Crippen molar-refractivity contribution in [1.29, 1.82) is 0 Å². The van der Waals surface area contributed by atoms with Gasteiger partial charge < -0.3 is 16.0 Å². The highest BCUT2D eigenvalue weighted by Gasteiger charge is 2.05. The Balaban J connectivity index is 1.51. The van der Waals surface area contributed by atoms with Gasteiger partial charge in [0, 0.05) is 30.4 Å². The lowest BCUT2D eigenvalue weighted by atomic mass is 10.2. The maximum absolute atomic E-state index is 12.0. The summed E-state index contributed by atoms with van der Waals surface area (Å²) in [5.41, 5.74) is 2.53. The Bertz CT molecular complexity index is 784. The van der Waals surface area contributed by atoms with Gasteiger partial charge in [-0.1, -0.05) is 36.4 Å². The van der Waals surface area contributed by atoms with Crippen LogP contribution in [0.2, 0.25) is 0 Å². The molecular formula is C18H18N4O. The van der Waals surface area contributed by atoms with Crippen molar-refractivity contribution >= 4 is 28.3 Å². The number of urea groups is 1. The molecule has 0 atom stereocenters. The van der Waals surface area contributed by atoms with Crippen molar-refractivity contribution in [1.82, 2.24) is 10.3 Å². The average Bonchev–Trinajstić information content (AvgIpc) is 2.60. The molecule has 3 N–H and O–H groups in total. The van der Waals surface area contributed by atoms with Gasteiger partial charge >= 0.3 is 6.03 Å². The number of benzene rings is 2. The second-order valence-electron chi connectivity index (χ2n) is 5.05. The molecule has 2 aromatic carbocycles. The largest absolute Gasteiger partial charge is 0.383 e. The first-order valence-corrected chi connectivity index (χ1v) is 7.50. The lowest BCUT2D eigenvalue weighted by Gasteiger charge is -2.10. The lowest BCUT2D eigenvalue weighted by molar-refractivity contribution is 0.252. The average molecular weight is 306 g/mol. The third-order valence-corrected chi connectivity index (χ3v) is 3.39. The number of hydrogen-bond donors (Lipinski definition) is 3. The van der Waals surface area contributed by atoms with Gasteiger partial charge in [-0.25, -0.2) is 4.79 Å². The summed E-state index contributed by atoms with van der Waals surface area (Å²) < 4.78 is 0. The normalized spacial score (nSPS) is 10.3. The molecule has 5 heteroatoms. The van der Waals surface area contributed by atoms with Crippen molar-refractivity contribution in [3.05, 3.63) is 66.9 Å². The van der Waals surface area contributed by atoms with Gasteiger partial charge in [0.15, 0.2) is 0 Å². The van der Waals surface area contributed by atoms with Gasteiger partial charge in [0.2, 0.25) is 0 Å². The van der Waals surface area contributed by atoms with Crippen LogP contribution in [0.5, 0.6) is 0 Å². The number of pyridine rings is 1. The number of carbonyl (C=O) groups excluding carboxylic acids is 1. The molecule has 23 heavy (non-hydrogen) atoms. The third kappa shape index (κ3) is 3.97. The summed E-state index contributed by atoms with van der Waals surface area (Å²) >= 11 is 0. The third-order valence-electron chi connectivity index (χ3n) is 3.39. The summed E-state index contributed by atoms with van der Waals surface area (Å²) in [6.45, 7) is 1.18. The van der Waals surface area contributed by atoms with Crippen molar-refractivity contribution in [2.24, 2.45) is 0 Å². The summed E-state index contributed by atoms with van der Waals surface area (Å²) in [4.78, 5) is 16.3. The Labute approximate surface area is 134 Å². The Morgan fingerprint density at radius 2 is 1.74 bits per heavy atom. The number of rotatable bonds is 5. The number of carbonyl (C=O) groups is 1. The quantitative estimate of drug-likeness (QED) is 0.632. The van der Waals surface area contributed by atoms with E-state index in [1.54, 1.807) is 6.20 Å². The van der Waals surface area contributed by atoms with Crippen LogP contribution < -0.4 is 16.0 Å². The molecule has 3 rings (SSSR count). The minimum atomic E-state index is -0.238. The van der Waals surface area contributed by atoms with E-state index >= 15 is 0 Å². The molecule has 116 valence electrons. The molecule has 2 amide bonds. The van der Waals surface area contributed by atoms with Gasteiger partial charge in [0.05, 0.1) is 11.2 Å². The standard InChI is InChI=1S/C18H18N4O/c23-18(21-13-12-19-15-8-2-1-3-9-15)22-16-10-4-6-14-7-5-11-20-17(14)16/h1-11,19H,12-13H2,(H2,21,22,23). The first-order valence-electron chi connectivity index (χ1n) is 7.50. The molecule has 1 heterocycles. The van der Waals surface area contributed by atoms with Crippen molar-refractivity contribution in [2.75, 3.05) is 23.7 Å². The van der Waals surface area contributed by atoms with Gasteiger partial charge in [-0.3, -0.25) is 4.98 Å². The maximum Gasteiger partial charge on any atom is 0.319 e. The highest BCUT2D eigenvalue weighted by atomic mass is 16.2. The zero-order valence-electron chi connectivity index (χ0n) is 12.6. The van der Waals surface area contributed by atoms with E-state index in [9.17, 15) is 4.79 Å². The summed E-state index contributed by atoms with van der Waals surface area (Å²) in [5.74, 6) is 0. The Morgan fingerprint density at radius 1 is 0.913 bits per heavy atom. The Morgan fingerprint density at radius 3 is 2.61 bits per heavy atom. The molecule has 0 aliphatic rings. The van der Waals surface area contributed by atoms with Crippen LogP contribution >= 0.6 is 0 Å². The number of nitrogens with one attached hydrogen (secondary N) is 3. The molecule has 0 saturated carbocycles. The van der Waals surface area contributed by atoms with E-state index in [-0.39, 0.29) is 6.03 Å². The van der Waals surface area contributed by atoms with Crippen LogP contribution in [0.3, 0.4) is 0 Å². The second-order valence-corrected chi connectivity index (χ2v) is 5.05. The van der Waals surface area contributed by atoms with E-state index < -0.39 is 0 Å². The molecule has 1 aromatic heterocycles. The highest BCUT2D eigenvalue weighted by molar-refractivity contribution is 5.99. The van der Waals surface area contributed by atoms with E-state index in [1.165, 1.54) is 0 Å². The van der Waals surface area contributed by atoms with Gasteiger partial charge in [-0.15, -0.1) is 0 Å². The monoisotopic (exact) mass is 306 g/mol. The molecule has 5 nitrogen and oxygen atoms in total. The zero-order valence-corrected chi connectivity index (χ0v) is 12.6. The highest BCUT2D eigenvalue weighted by Crippen LogP contribution is 2.20. The molecule has 3 aromatic rings. The van der Waals surface area contributed by atoms with E-state index in [4.69, 9.17) is 0 Å². The summed E-state index contributed by atoms with van der Waals surface area (Å²) in [7, 11) is 0. The van der Waals surface area contributed by atoms with Crippen molar-refractivity contribution in [3.63, 3.8) is 0 Å². The van der Waals surface area contributed by atoms with Crippen LogP contribution in [-0.4, -0.2) is 24.1 Å². The van der Waals surface area contributed by atoms with Crippen molar-refractivity contribution < 1.29 is 4.79 Å². The van der Waals surface area contributed by atoms with Gasteiger partial charge in [0.1, 0.15) is 0 Å². The summed E-state index contributed by atoms with van der Waals surface area (Å²) in [6, 6.07) is 19.2. The molecule has 0 aliphatic carbocycles. The minimum absolute atomic E-state index is 0.238. The van der Waals surface area contributed by atoms with Crippen LogP contribution in [-0.2, 0) is 0 Å². The lowest BCUT2D eigenvalue weighted by Crippen LogP contribution is -2.32. The summed E-state index contributed by atoms with van der Waals surface area (Å²) in [6.07, 6.45) is 1.72. The van der Waals surface area contributed by atoms with E-state index in [0.717, 1.165) is 16.6 Å². The Kier molecular flexibility index (Phi) is 4.69. The topological polar surface area (TPSA) is 66.1 Å². The van der Waals surface area contributed by atoms with Gasteiger partial charge in [0.25, 0.3) is 0 Å². The van der Waals surface area contributed by atoms with Gasteiger partial charge in [-0.2, -0.15) is 0 Å². The number of hydrogen-bond acceptors (Lipinski definition) is 3.